The van der Waals surface area contributed by atoms with Crippen LogP contribution in [0.1, 0.15) is 30.6 Å². The number of carbonyl (C=O) groups excluding carboxylic acids is 2. The molecule has 0 saturated carbocycles. The van der Waals surface area contributed by atoms with E-state index in [9.17, 15) is 9.59 Å². The van der Waals surface area contributed by atoms with Gasteiger partial charge in [0.2, 0.25) is 5.91 Å². The van der Waals surface area contributed by atoms with Crippen LogP contribution in [0.25, 0.3) is 0 Å². The molecule has 5 nitrogen and oxygen atoms in total. The third-order valence-electron chi connectivity index (χ3n) is 2.82. The molecule has 0 fully saturated rings. The molecule has 110 valence electrons. The predicted molar refractivity (Wildman–Crippen MR) is 80.9 cm³/mol. The van der Waals surface area contributed by atoms with Gasteiger partial charge in [-0.1, -0.05) is 19.1 Å². The van der Waals surface area contributed by atoms with Crippen molar-refractivity contribution < 1.29 is 9.59 Å². The Bertz CT molecular complexity index is 460. The molecule has 0 unspecified atom stereocenters. The number of hydrogen-bond acceptors (Lipinski definition) is 3. The second-order valence-corrected chi connectivity index (χ2v) is 4.59. The van der Waals surface area contributed by atoms with Crippen molar-refractivity contribution in [1.29, 1.82) is 0 Å². The quantitative estimate of drug-likeness (QED) is 0.797. The number of amides is 2. The molecular formula is C15H23N3O2. The second-order valence-electron chi connectivity index (χ2n) is 4.59. The van der Waals surface area contributed by atoms with Crippen molar-refractivity contribution in [1.82, 2.24) is 10.2 Å². The van der Waals surface area contributed by atoms with Crippen LogP contribution in [0.3, 0.4) is 0 Å². The SMILES string of the molecule is CCCNc1ccccc1C(=O)N(C)CC(=O)NCC. The number of benzene rings is 1. The Labute approximate surface area is 120 Å². The van der Waals surface area contributed by atoms with Gasteiger partial charge in [0, 0.05) is 25.8 Å². The summed E-state index contributed by atoms with van der Waals surface area (Å²) in [6, 6.07) is 7.36. The van der Waals surface area contributed by atoms with E-state index in [0.29, 0.717) is 12.1 Å². The monoisotopic (exact) mass is 277 g/mol. The minimum atomic E-state index is -0.157. The van der Waals surface area contributed by atoms with Crippen LogP contribution in [0.5, 0.6) is 0 Å². The normalized spacial score (nSPS) is 9.95. The van der Waals surface area contributed by atoms with Gasteiger partial charge < -0.3 is 15.5 Å². The molecule has 0 aliphatic carbocycles. The van der Waals surface area contributed by atoms with Gasteiger partial charge in [0.15, 0.2) is 0 Å². The lowest BCUT2D eigenvalue weighted by atomic mass is 10.1. The molecule has 2 amide bonds. The van der Waals surface area contributed by atoms with E-state index in [4.69, 9.17) is 0 Å². The number of nitrogens with one attached hydrogen (secondary N) is 2. The number of anilines is 1. The summed E-state index contributed by atoms with van der Waals surface area (Å²) in [6.07, 6.45) is 0.983. The third-order valence-corrected chi connectivity index (χ3v) is 2.82. The molecule has 0 aliphatic rings. The van der Waals surface area contributed by atoms with Gasteiger partial charge in [0.05, 0.1) is 12.1 Å². The standard InChI is InChI=1S/C15H23N3O2/c1-4-10-17-13-9-7-6-8-12(13)15(20)18(3)11-14(19)16-5-2/h6-9,17H,4-5,10-11H2,1-3H3,(H,16,19). The first-order valence-corrected chi connectivity index (χ1v) is 6.95. The molecule has 0 heterocycles. The number of hydrogen-bond donors (Lipinski definition) is 2. The maximum Gasteiger partial charge on any atom is 0.256 e. The summed E-state index contributed by atoms with van der Waals surface area (Å²) in [4.78, 5) is 25.3. The van der Waals surface area contributed by atoms with Gasteiger partial charge in [-0.25, -0.2) is 0 Å². The van der Waals surface area contributed by atoms with E-state index >= 15 is 0 Å². The van der Waals surface area contributed by atoms with Gasteiger partial charge >= 0.3 is 0 Å². The summed E-state index contributed by atoms with van der Waals surface area (Å²) in [5.41, 5.74) is 1.40. The fraction of sp³-hybridized carbons (Fsp3) is 0.467. The van der Waals surface area contributed by atoms with E-state index in [1.165, 1.54) is 4.90 Å². The van der Waals surface area contributed by atoms with Crippen molar-refractivity contribution in [3.8, 4) is 0 Å². The van der Waals surface area contributed by atoms with Crippen molar-refractivity contribution in [3.05, 3.63) is 29.8 Å². The number of nitrogens with zero attached hydrogens (tertiary/aromatic N) is 1. The Balaban J connectivity index is 2.77. The maximum absolute atomic E-state index is 12.4. The van der Waals surface area contributed by atoms with Crippen molar-refractivity contribution in [3.63, 3.8) is 0 Å². The number of likely N-dealkylation sites (N-methyl/N-ethyl adjacent to an activating group) is 2. The molecule has 5 heteroatoms. The molecule has 1 aromatic carbocycles. The highest BCUT2D eigenvalue weighted by Gasteiger charge is 2.17. The van der Waals surface area contributed by atoms with Crippen LogP contribution in [0.4, 0.5) is 5.69 Å². The van der Waals surface area contributed by atoms with Crippen LogP contribution in [0.15, 0.2) is 24.3 Å². The average Bonchev–Trinajstić information content (AvgIpc) is 2.44. The zero-order chi connectivity index (χ0) is 15.0. The highest BCUT2D eigenvalue weighted by molar-refractivity contribution is 6.00. The summed E-state index contributed by atoms with van der Waals surface area (Å²) >= 11 is 0. The molecule has 1 rings (SSSR count). The van der Waals surface area contributed by atoms with Crippen molar-refractivity contribution in [2.45, 2.75) is 20.3 Å². The minimum absolute atomic E-state index is 0.0643. The van der Waals surface area contributed by atoms with Crippen LogP contribution in [-0.4, -0.2) is 43.4 Å². The number of para-hydroxylation sites is 1. The van der Waals surface area contributed by atoms with Crippen LogP contribution in [0, 0.1) is 0 Å². The molecule has 0 aromatic heterocycles. The molecule has 0 atom stereocenters. The van der Waals surface area contributed by atoms with Gasteiger partial charge in [-0.05, 0) is 25.5 Å². The van der Waals surface area contributed by atoms with Gasteiger partial charge in [0.25, 0.3) is 5.91 Å². The minimum Gasteiger partial charge on any atom is -0.384 e. The topological polar surface area (TPSA) is 61.4 Å². The molecule has 20 heavy (non-hydrogen) atoms. The molecule has 0 radical (unpaired) electrons. The Hall–Kier alpha value is -2.04. The Kier molecular flexibility index (Phi) is 6.56. The Morgan fingerprint density at radius 3 is 2.55 bits per heavy atom. The highest BCUT2D eigenvalue weighted by Crippen LogP contribution is 2.16. The van der Waals surface area contributed by atoms with Gasteiger partial charge in [-0.3, -0.25) is 9.59 Å². The van der Waals surface area contributed by atoms with E-state index in [1.54, 1.807) is 13.1 Å². The first kappa shape index (κ1) is 16.0. The smallest absolute Gasteiger partial charge is 0.256 e. The Morgan fingerprint density at radius 2 is 1.90 bits per heavy atom. The fourth-order valence-electron chi connectivity index (χ4n) is 1.83. The zero-order valence-corrected chi connectivity index (χ0v) is 12.4. The number of carbonyl (C=O) groups is 2. The molecular weight excluding hydrogens is 254 g/mol. The molecule has 2 N–H and O–H groups in total. The third kappa shape index (κ3) is 4.57. The first-order valence-electron chi connectivity index (χ1n) is 6.95. The summed E-state index contributed by atoms with van der Waals surface area (Å²) < 4.78 is 0. The van der Waals surface area contributed by atoms with Gasteiger partial charge in [-0.2, -0.15) is 0 Å². The molecule has 0 aliphatic heterocycles. The first-order chi connectivity index (χ1) is 9.60. The van der Waals surface area contributed by atoms with Crippen molar-refractivity contribution in [2.75, 3.05) is 32.0 Å². The Morgan fingerprint density at radius 1 is 1.20 bits per heavy atom. The molecule has 0 saturated heterocycles. The van der Waals surface area contributed by atoms with Crippen LogP contribution in [-0.2, 0) is 4.79 Å². The lowest BCUT2D eigenvalue weighted by molar-refractivity contribution is -0.121. The zero-order valence-electron chi connectivity index (χ0n) is 12.4. The van der Waals surface area contributed by atoms with E-state index in [2.05, 4.69) is 17.6 Å². The number of rotatable bonds is 7. The lowest BCUT2D eigenvalue weighted by Gasteiger charge is -2.19. The van der Waals surface area contributed by atoms with Crippen LogP contribution in [0.2, 0.25) is 0 Å². The highest BCUT2D eigenvalue weighted by atomic mass is 16.2. The predicted octanol–water partition coefficient (Wildman–Crippen LogP) is 1.72. The average molecular weight is 277 g/mol. The molecule has 0 bridgehead atoms. The summed E-state index contributed by atoms with van der Waals surface area (Å²) in [5.74, 6) is -0.308. The largest absolute Gasteiger partial charge is 0.384 e. The van der Waals surface area contributed by atoms with E-state index in [-0.39, 0.29) is 18.4 Å². The van der Waals surface area contributed by atoms with Crippen molar-refractivity contribution >= 4 is 17.5 Å². The van der Waals surface area contributed by atoms with E-state index in [0.717, 1.165) is 18.7 Å². The van der Waals surface area contributed by atoms with Gasteiger partial charge in [-0.15, -0.1) is 0 Å². The van der Waals surface area contributed by atoms with E-state index < -0.39 is 0 Å². The van der Waals surface area contributed by atoms with E-state index in [1.807, 2.05) is 25.1 Å². The van der Waals surface area contributed by atoms with Crippen LogP contribution < -0.4 is 10.6 Å². The molecule has 0 spiro atoms. The van der Waals surface area contributed by atoms with Gasteiger partial charge in [0.1, 0.15) is 0 Å². The second kappa shape index (κ2) is 8.19. The summed E-state index contributed by atoms with van der Waals surface area (Å²) in [5, 5.41) is 5.91. The molecule has 1 aromatic rings. The summed E-state index contributed by atoms with van der Waals surface area (Å²) in [7, 11) is 1.63. The fourth-order valence-corrected chi connectivity index (χ4v) is 1.83. The maximum atomic E-state index is 12.4. The van der Waals surface area contributed by atoms with Crippen LogP contribution >= 0.6 is 0 Å². The van der Waals surface area contributed by atoms with Crippen molar-refractivity contribution in [2.24, 2.45) is 0 Å². The summed E-state index contributed by atoms with van der Waals surface area (Å²) in [6.45, 7) is 5.36. The lowest BCUT2D eigenvalue weighted by Crippen LogP contribution is -2.38.